The van der Waals surface area contributed by atoms with E-state index in [9.17, 15) is 19.5 Å². The summed E-state index contributed by atoms with van der Waals surface area (Å²) in [6.45, 7) is 0. The highest BCUT2D eigenvalue weighted by Crippen LogP contribution is 2.45. The highest BCUT2D eigenvalue weighted by Gasteiger charge is 2.39. The minimum atomic E-state index is -1.04. The number of ether oxygens (including phenoxy) is 4. The lowest BCUT2D eigenvalue weighted by atomic mass is 9.78. The topological polar surface area (TPSA) is 108 Å². The number of hydrogen-bond acceptors (Lipinski definition) is 8. The Morgan fingerprint density at radius 1 is 0.871 bits per heavy atom. The van der Waals surface area contributed by atoms with Crippen molar-refractivity contribution >= 4 is 23.3 Å². The lowest BCUT2D eigenvalue weighted by Crippen LogP contribution is -2.28. The highest BCUT2D eigenvalue weighted by atomic mass is 16.5. The van der Waals surface area contributed by atoms with Gasteiger partial charge in [0.1, 0.15) is 11.5 Å². The third kappa shape index (κ3) is 3.84. The number of carbonyl (C=O) groups excluding carboxylic acids is 3. The van der Waals surface area contributed by atoms with Gasteiger partial charge in [-0.15, -0.1) is 0 Å². The summed E-state index contributed by atoms with van der Waals surface area (Å²) in [4.78, 5) is 38.0. The van der Waals surface area contributed by atoms with Gasteiger partial charge in [-0.2, -0.15) is 0 Å². The molecule has 0 amide bonds. The molecule has 1 aliphatic rings. The molecule has 2 aromatic carbocycles. The first kappa shape index (κ1) is 21.9. The third-order valence-corrected chi connectivity index (χ3v) is 5.19. The number of methoxy groups -OCH3 is 4. The Morgan fingerprint density at radius 2 is 1.45 bits per heavy atom. The Morgan fingerprint density at radius 3 is 2.03 bits per heavy atom. The van der Waals surface area contributed by atoms with E-state index in [-0.39, 0.29) is 34.6 Å². The standard InChI is InChI=1S/C23H22O8/c1-28-16-11-18(30-3)17(29-2)9-14(16)15(10-19(24)31-4)20-21(25)12-7-5-6-8-13(12)22(26)23(20)27/h5-9,11,15,25H,10H2,1-4H3/t15-/m1/s1. The van der Waals surface area contributed by atoms with Gasteiger partial charge in [-0.3, -0.25) is 14.4 Å². The molecule has 0 bridgehead atoms. The SMILES string of the molecule is COC(=O)C[C@@H](C1=C(O)c2ccccc2C(=O)C1=O)c1cc(OC)c(OC)cc1OC. The summed E-state index contributed by atoms with van der Waals surface area (Å²) in [6, 6.07) is 9.33. The van der Waals surface area contributed by atoms with Gasteiger partial charge in [-0.05, 0) is 6.07 Å². The zero-order chi connectivity index (χ0) is 22.7. The van der Waals surface area contributed by atoms with E-state index in [1.807, 2.05) is 0 Å². The smallest absolute Gasteiger partial charge is 0.306 e. The van der Waals surface area contributed by atoms with Gasteiger partial charge in [0.05, 0.1) is 40.4 Å². The van der Waals surface area contributed by atoms with Gasteiger partial charge in [0.2, 0.25) is 11.6 Å². The summed E-state index contributed by atoms with van der Waals surface area (Å²) < 4.78 is 20.9. The maximum Gasteiger partial charge on any atom is 0.306 e. The minimum absolute atomic E-state index is 0.102. The molecular formula is C23H22O8. The van der Waals surface area contributed by atoms with Crippen LogP contribution >= 0.6 is 0 Å². The fourth-order valence-electron chi connectivity index (χ4n) is 3.65. The van der Waals surface area contributed by atoms with Crippen molar-refractivity contribution in [1.82, 2.24) is 0 Å². The van der Waals surface area contributed by atoms with Crippen LogP contribution in [0.15, 0.2) is 42.0 Å². The maximum absolute atomic E-state index is 13.0. The number of rotatable bonds is 7. The van der Waals surface area contributed by atoms with Gasteiger partial charge in [0.25, 0.3) is 0 Å². The number of carbonyl (C=O) groups is 3. The molecule has 31 heavy (non-hydrogen) atoms. The normalized spacial score (nSPS) is 14.1. The lowest BCUT2D eigenvalue weighted by Gasteiger charge is -2.26. The van der Waals surface area contributed by atoms with Crippen LogP contribution in [0.4, 0.5) is 0 Å². The lowest BCUT2D eigenvalue weighted by molar-refractivity contribution is -0.140. The van der Waals surface area contributed by atoms with Gasteiger partial charge in [-0.25, -0.2) is 0 Å². The van der Waals surface area contributed by atoms with Crippen LogP contribution < -0.4 is 14.2 Å². The Labute approximate surface area is 179 Å². The predicted octanol–water partition coefficient (Wildman–Crippen LogP) is 3.09. The molecule has 3 rings (SSSR count). The molecule has 0 saturated carbocycles. The Bertz CT molecular complexity index is 1080. The average molecular weight is 426 g/mol. The second kappa shape index (κ2) is 8.91. The number of fused-ring (bicyclic) bond motifs is 1. The molecule has 2 aromatic rings. The van der Waals surface area contributed by atoms with E-state index in [1.54, 1.807) is 24.3 Å². The van der Waals surface area contributed by atoms with Crippen molar-refractivity contribution in [3.8, 4) is 17.2 Å². The van der Waals surface area contributed by atoms with E-state index >= 15 is 0 Å². The average Bonchev–Trinajstić information content (AvgIpc) is 2.80. The highest BCUT2D eigenvalue weighted by molar-refractivity contribution is 6.52. The summed E-state index contributed by atoms with van der Waals surface area (Å²) in [5, 5.41) is 11.0. The van der Waals surface area contributed by atoms with Crippen LogP contribution in [-0.4, -0.2) is 51.1 Å². The number of hydrogen-bond donors (Lipinski definition) is 1. The van der Waals surface area contributed by atoms with Crippen LogP contribution in [0.25, 0.3) is 5.76 Å². The van der Waals surface area contributed by atoms with Crippen molar-refractivity contribution < 1.29 is 38.4 Å². The summed E-state index contributed by atoms with van der Waals surface area (Å²) in [5.41, 5.74) is 0.466. The Hall–Kier alpha value is -3.81. The van der Waals surface area contributed by atoms with E-state index in [4.69, 9.17) is 18.9 Å². The summed E-state index contributed by atoms with van der Waals surface area (Å²) in [6.07, 6.45) is -0.317. The van der Waals surface area contributed by atoms with Crippen molar-refractivity contribution in [3.63, 3.8) is 0 Å². The molecule has 8 heteroatoms. The van der Waals surface area contributed by atoms with Crippen molar-refractivity contribution in [2.24, 2.45) is 0 Å². The first-order valence-corrected chi connectivity index (χ1v) is 9.36. The van der Waals surface area contributed by atoms with Gasteiger partial charge in [0, 0.05) is 28.7 Å². The molecule has 1 aliphatic carbocycles. The van der Waals surface area contributed by atoms with E-state index in [2.05, 4.69) is 0 Å². The molecule has 0 aromatic heterocycles. The number of ketones is 2. The second-order valence-electron chi connectivity index (χ2n) is 6.75. The van der Waals surface area contributed by atoms with Crippen LogP contribution in [-0.2, 0) is 14.3 Å². The first-order valence-electron chi connectivity index (χ1n) is 9.36. The van der Waals surface area contributed by atoms with E-state index in [0.29, 0.717) is 17.1 Å². The Kier molecular flexibility index (Phi) is 6.29. The van der Waals surface area contributed by atoms with Crippen LogP contribution in [0.3, 0.4) is 0 Å². The number of esters is 1. The van der Waals surface area contributed by atoms with E-state index in [1.165, 1.54) is 40.6 Å². The zero-order valence-corrected chi connectivity index (χ0v) is 17.6. The molecule has 8 nitrogen and oxygen atoms in total. The van der Waals surface area contributed by atoms with Crippen molar-refractivity contribution in [1.29, 1.82) is 0 Å². The second-order valence-corrected chi connectivity index (χ2v) is 6.75. The Balaban J connectivity index is 2.30. The number of allylic oxidation sites excluding steroid dienone is 1. The zero-order valence-electron chi connectivity index (χ0n) is 17.6. The molecule has 1 atom stereocenters. The number of Topliss-reactive ketones (excluding diaryl/α,β-unsaturated/α-hetero) is 2. The van der Waals surface area contributed by atoms with Crippen molar-refractivity contribution in [3.05, 3.63) is 58.7 Å². The maximum atomic E-state index is 13.0. The number of benzene rings is 2. The van der Waals surface area contributed by atoms with E-state index < -0.39 is 23.5 Å². The monoisotopic (exact) mass is 426 g/mol. The molecule has 0 spiro atoms. The molecule has 1 N–H and O–H groups in total. The van der Waals surface area contributed by atoms with Gasteiger partial charge >= 0.3 is 5.97 Å². The fraction of sp³-hybridized carbons (Fsp3) is 0.261. The predicted molar refractivity (Wildman–Crippen MR) is 111 cm³/mol. The van der Waals surface area contributed by atoms with Crippen LogP contribution in [0, 0.1) is 0 Å². The van der Waals surface area contributed by atoms with Crippen molar-refractivity contribution in [2.45, 2.75) is 12.3 Å². The first-order chi connectivity index (χ1) is 14.9. The molecule has 0 unspecified atom stereocenters. The molecule has 0 saturated heterocycles. The third-order valence-electron chi connectivity index (χ3n) is 5.19. The molecule has 0 radical (unpaired) electrons. The fourth-order valence-corrected chi connectivity index (χ4v) is 3.65. The summed E-state index contributed by atoms with van der Waals surface area (Å²) >= 11 is 0. The summed E-state index contributed by atoms with van der Waals surface area (Å²) in [7, 11) is 5.52. The molecule has 0 heterocycles. The largest absolute Gasteiger partial charge is 0.507 e. The van der Waals surface area contributed by atoms with Crippen LogP contribution in [0.2, 0.25) is 0 Å². The molecule has 0 fully saturated rings. The minimum Gasteiger partial charge on any atom is -0.507 e. The molecular weight excluding hydrogens is 404 g/mol. The van der Waals surface area contributed by atoms with Gasteiger partial charge in [0.15, 0.2) is 11.5 Å². The summed E-state index contributed by atoms with van der Waals surface area (Å²) in [5.74, 6) is -2.73. The molecule has 162 valence electrons. The van der Waals surface area contributed by atoms with Gasteiger partial charge < -0.3 is 24.1 Å². The number of aliphatic hydroxyl groups is 1. The van der Waals surface area contributed by atoms with Gasteiger partial charge in [-0.1, -0.05) is 24.3 Å². The van der Waals surface area contributed by atoms with Crippen LogP contribution in [0.5, 0.6) is 17.2 Å². The molecule has 0 aliphatic heterocycles. The van der Waals surface area contributed by atoms with E-state index in [0.717, 1.165) is 0 Å². The quantitative estimate of drug-likeness (QED) is 0.532. The number of aliphatic hydroxyl groups excluding tert-OH is 1. The van der Waals surface area contributed by atoms with Crippen molar-refractivity contribution in [2.75, 3.05) is 28.4 Å². The van der Waals surface area contributed by atoms with Crippen LogP contribution in [0.1, 0.15) is 33.8 Å².